The van der Waals surface area contributed by atoms with Gasteiger partial charge in [0.1, 0.15) is 23.1 Å². The van der Waals surface area contributed by atoms with Crippen LogP contribution in [-0.4, -0.2) is 89.7 Å². The summed E-state index contributed by atoms with van der Waals surface area (Å²) < 4.78 is 29.8. The second-order valence-corrected chi connectivity index (χ2v) is 13.9. The SMILES string of the molecule is CC(C)N1CC2N(C(=O)C(N(C)C3CC3)CN2S(=O)(=O)c2ccc(Cl)cc2Cl)C(Cc2ccc(Cl)cc2)C1=O. The van der Waals surface area contributed by atoms with Crippen molar-refractivity contribution in [3.63, 3.8) is 0 Å². The number of rotatable bonds is 7. The molecule has 2 aromatic carbocycles. The van der Waals surface area contributed by atoms with Crippen LogP contribution in [0, 0.1) is 0 Å². The molecule has 3 atom stereocenters. The van der Waals surface area contributed by atoms with Crippen LogP contribution in [0.1, 0.15) is 32.3 Å². The van der Waals surface area contributed by atoms with Crippen LogP contribution in [0.25, 0.3) is 0 Å². The summed E-state index contributed by atoms with van der Waals surface area (Å²) in [6.07, 6.45) is 1.22. The van der Waals surface area contributed by atoms with Crippen LogP contribution in [0.15, 0.2) is 47.4 Å². The molecule has 210 valence electrons. The van der Waals surface area contributed by atoms with Gasteiger partial charge < -0.3 is 9.80 Å². The molecule has 12 heteroatoms. The highest BCUT2D eigenvalue weighted by Gasteiger charge is 2.55. The van der Waals surface area contributed by atoms with Crippen molar-refractivity contribution in [2.45, 2.75) is 68.3 Å². The fourth-order valence-electron chi connectivity index (χ4n) is 5.55. The van der Waals surface area contributed by atoms with Gasteiger partial charge in [0.2, 0.25) is 21.8 Å². The molecule has 2 aliphatic heterocycles. The fourth-order valence-corrected chi connectivity index (χ4v) is 8.00. The van der Waals surface area contributed by atoms with Crippen molar-refractivity contribution >= 4 is 56.6 Å². The summed E-state index contributed by atoms with van der Waals surface area (Å²) >= 11 is 18.5. The first-order chi connectivity index (χ1) is 18.4. The summed E-state index contributed by atoms with van der Waals surface area (Å²) in [7, 11) is -2.33. The zero-order chi connectivity index (χ0) is 28.2. The van der Waals surface area contributed by atoms with Crippen molar-refractivity contribution in [3.8, 4) is 0 Å². The summed E-state index contributed by atoms with van der Waals surface area (Å²) in [6, 6.07) is 9.77. The minimum absolute atomic E-state index is 0.00311. The Morgan fingerprint density at radius 1 is 0.949 bits per heavy atom. The van der Waals surface area contributed by atoms with Crippen molar-refractivity contribution in [1.29, 1.82) is 0 Å². The van der Waals surface area contributed by atoms with Gasteiger partial charge in [-0.1, -0.05) is 46.9 Å². The van der Waals surface area contributed by atoms with Crippen molar-refractivity contribution in [2.24, 2.45) is 0 Å². The number of fused-ring (bicyclic) bond motifs is 1. The summed E-state index contributed by atoms with van der Waals surface area (Å²) in [5.41, 5.74) is 0.822. The molecule has 0 spiro atoms. The zero-order valence-corrected chi connectivity index (χ0v) is 25.0. The van der Waals surface area contributed by atoms with E-state index in [-0.39, 0.29) is 53.3 Å². The molecule has 0 N–H and O–H groups in total. The lowest BCUT2D eigenvalue weighted by Crippen LogP contribution is -2.76. The van der Waals surface area contributed by atoms with E-state index in [9.17, 15) is 18.0 Å². The fraction of sp³-hybridized carbons (Fsp3) is 0.481. The maximum atomic E-state index is 14.2. The molecule has 2 amide bonds. The van der Waals surface area contributed by atoms with E-state index >= 15 is 0 Å². The molecule has 2 aromatic rings. The highest BCUT2D eigenvalue weighted by molar-refractivity contribution is 7.89. The highest BCUT2D eigenvalue weighted by Crippen LogP contribution is 2.37. The first kappa shape index (κ1) is 28.6. The van der Waals surface area contributed by atoms with Crippen LogP contribution in [0.5, 0.6) is 0 Å². The quantitative estimate of drug-likeness (QED) is 0.469. The molecule has 2 saturated heterocycles. The molecule has 0 bridgehead atoms. The average Bonchev–Trinajstić information content (AvgIpc) is 3.71. The van der Waals surface area contributed by atoms with Crippen LogP contribution < -0.4 is 0 Å². The van der Waals surface area contributed by atoms with Crippen molar-refractivity contribution in [2.75, 3.05) is 20.1 Å². The van der Waals surface area contributed by atoms with E-state index in [1.54, 1.807) is 17.0 Å². The van der Waals surface area contributed by atoms with Gasteiger partial charge in [0.05, 0.1) is 11.6 Å². The number of piperazine rings is 1. The van der Waals surface area contributed by atoms with E-state index in [4.69, 9.17) is 34.8 Å². The number of amides is 2. The molecule has 0 radical (unpaired) electrons. The molecule has 2 heterocycles. The normalized spacial score (nSPS) is 24.6. The second kappa shape index (κ2) is 10.8. The molecule has 5 rings (SSSR count). The lowest BCUT2D eigenvalue weighted by molar-refractivity contribution is -0.171. The standard InChI is InChI=1S/C27H31Cl3N4O4S/c1-16(2)32-15-25-33(39(37,38)24-11-8-19(29)13-21(24)30)14-23(31(3)20-9-10-20)27(36)34(25)22(26(32)35)12-17-4-6-18(28)7-5-17/h4-8,11,13,16,20,22-23,25H,9-10,12,14-15H2,1-3H3. The first-order valence-corrected chi connectivity index (χ1v) is 15.5. The predicted octanol–water partition coefficient (Wildman–Crippen LogP) is 4.13. The Labute approximate surface area is 244 Å². The molecule has 3 fully saturated rings. The third-order valence-corrected chi connectivity index (χ3v) is 10.7. The summed E-state index contributed by atoms with van der Waals surface area (Å²) in [5, 5.41) is 0.883. The Morgan fingerprint density at radius 3 is 2.18 bits per heavy atom. The van der Waals surface area contributed by atoms with Gasteiger partial charge in [0.25, 0.3) is 0 Å². The lowest BCUT2D eigenvalue weighted by Gasteiger charge is -2.55. The van der Waals surface area contributed by atoms with Gasteiger partial charge in [-0.15, -0.1) is 0 Å². The molecule has 3 unspecified atom stereocenters. The topological polar surface area (TPSA) is 81.2 Å². The molecule has 1 saturated carbocycles. The first-order valence-electron chi connectivity index (χ1n) is 13.0. The van der Waals surface area contributed by atoms with Crippen LogP contribution in [-0.2, 0) is 26.0 Å². The van der Waals surface area contributed by atoms with Gasteiger partial charge >= 0.3 is 0 Å². The highest BCUT2D eigenvalue weighted by atomic mass is 35.5. The Bertz CT molecular complexity index is 1380. The average molecular weight is 614 g/mol. The van der Waals surface area contributed by atoms with E-state index in [0.29, 0.717) is 10.0 Å². The Balaban J connectivity index is 1.62. The second-order valence-electron chi connectivity index (χ2n) is 10.7. The number of benzene rings is 2. The minimum Gasteiger partial charge on any atom is -0.335 e. The van der Waals surface area contributed by atoms with Gasteiger partial charge in [0.15, 0.2) is 0 Å². The maximum absolute atomic E-state index is 14.2. The summed E-state index contributed by atoms with van der Waals surface area (Å²) in [5.74, 6) is -0.445. The maximum Gasteiger partial charge on any atom is 0.246 e. The van der Waals surface area contributed by atoms with E-state index in [1.807, 2.05) is 37.9 Å². The minimum atomic E-state index is -4.18. The Hall–Kier alpha value is -1.88. The van der Waals surface area contributed by atoms with Gasteiger partial charge in [-0.2, -0.15) is 4.31 Å². The number of carbonyl (C=O) groups is 2. The van der Waals surface area contributed by atoms with E-state index in [2.05, 4.69) is 0 Å². The number of halogens is 3. The van der Waals surface area contributed by atoms with Crippen LogP contribution in [0.4, 0.5) is 0 Å². The van der Waals surface area contributed by atoms with Crippen LogP contribution in [0.2, 0.25) is 15.1 Å². The van der Waals surface area contributed by atoms with Gasteiger partial charge in [-0.3, -0.25) is 14.5 Å². The van der Waals surface area contributed by atoms with Gasteiger partial charge in [0, 0.05) is 35.1 Å². The van der Waals surface area contributed by atoms with Crippen molar-refractivity contribution in [1.82, 2.24) is 19.0 Å². The molecule has 8 nitrogen and oxygen atoms in total. The number of hydrogen-bond acceptors (Lipinski definition) is 5. The number of nitrogens with zero attached hydrogens (tertiary/aromatic N) is 4. The van der Waals surface area contributed by atoms with Crippen LogP contribution in [0.3, 0.4) is 0 Å². The molecular weight excluding hydrogens is 583 g/mol. The molecule has 0 aromatic heterocycles. The monoisotopic (exact) mass is 612 g/mol. The largest absolute Gasteiger partial charge is 0.335 e. The Morgan fingerprint density at radius 2 is 1.59 bits per heavy atom. The number of sulfonamides is 1. The lowest BCUT2D eigenvalue weighted by atomic mass is 9.96. The number of hydrogen-bond donors (Lipinski definition) is 0. The third-order valence-electron chi connectivity index (χ3n) is 7.87. The van der Waals surface area contributed by atoms with Gasteiger partial charge in [-0.25, -0.2) is 8.42 Å². The van der Waals surface area contributed by atoms with Crippen molar-refractivity contribution < 1.29 is 18.0 Å². The predicted molar refractivity (Wildman–Crippen MR) is 151 cm³/mol. The zero-order valence-electron chi connectivity index (χ0n) is 21.9. The third kappa shape index (κ3) is 5.42. The van der Waals surface area contributed by atoms with Crippen LogP contribution >= 0.6 is 34.8 Å². The number of carbonyl (C=O) groups excluding carboxylic acids is 2. The van der Waals surface area contributed by atoms with Gasteiger partial charge in [-0.05, 0) is 69.6 Å². The molecule has 3 aliphatic rings. The smallest absolute Gasteiger partial charge is 0.246 e. The van der Waals surface area contributed by atoms with E-state index < -0.39 is 28.3 Å². The van der Waals surface area contributed by atoms with Crippen molar-refractivity contribution in [3.05, 3.63) is 63.1 Å². The number of likely N-dealkylation sites (N-methyl/N-ethyl adjacent to an activating group) is 1. The summed E-state index contributed by atoms with van der Waals surface area (Å²) in [6.45, 7) is 3.79. The molecular formula is C27H31Cl3N4O4S. The summed E-state index contributed by atoms with van der Waals surface area (Å²) in [4.78, 5) is 33.1. The Kier molecular flexibility index (Phi) is 7.96. The molecule has 1 aliphatic carbocycles. The van der Waals surface area contributed by atoms with E-state index in [0.717, 1.165) is 18.4 Å². The van der Waals surface area contributed by atoms with E-state index in [1.165, 1.54) is 27.4 Å². The molecule has 39 heavy (non-hydrogen) atoms.